The number of rotatable bonds is 4. The molecule has 2 N–H and O–H groups in total. The van der Waals surface area contributed by atoms with Crippen LogP contribution in [0.15, 0.2) is 29.6 Å². The van der Waals surface area contributed by atoms with Crippen LogP contribution in [0, 0.1) is 0 Å². The summed E-state index contributed by atoms with van der Waals surface area (Å²) >= 11 is 7.69. The number of benzene rings is 1. The van der Waals surface area contributed by atoms with Gasteiger partial charge in [-0.1, -0.05) is 44.5 Å². The third-order valence-electron chi connectivity index (χ3n) is 3.14. The first-order chi connectivity index (χ1) is 9.34. The Morgan fingerprint density at radius 3 is 2.65 bits per heavy atom. The molecule has 0 radical (unpaired) electrons. The number of hydrogen-bond donors (Lipinski definition) is 1. The van der Waals surface area contributed by atoms with Gasteiger partial charge < -0.3 is 5.73 Å². The van der Waals surface area contributed by atoms with Crippen LogP contribution in [0.5, 0.6) is 0 Å². The molecule has 2 aromatic rings. The molecule has 0 saturated carbocycles. The smallest absolute Gasteiger partial charge is 0.0944 e. The van der Waals surface area contributed by atoms with Gasteiger partial charge in [0.2, 0.25) is 0 Å². The molecule has 0 amide bonds. The van der Waals surface area contributed by atoms with Crippen LogP contribution in [0.25, 0.3) is 0 Å². The van der Waals surface area contributed by atoms with E-state index in [1.54, 1.807) is 11.3 Å². The average Bonchev–Trinajstić information content (AvgIpc) is 2.76. The van der Waals surface area contributed by atoms with Gasteiger partial charge in [0, 0.05) is 28.3 Å². The Labute approximate surface area is 130 Å². The monoisotopic (exact) mass is 308 g/mol. The first-order valence-corrected chi connectivity index (χ1v) is 8.05. The summed E-state index contributed by atoms with van der Waals surface area (Å²) in [6.45, 7) is 6.53. The maximum atomic E-state index is 6.23. The first kappa shape index (κ1) is 15.5. The summed E-state index contributed by atoms with van der Waals surface area (Å²) in [4.78, 5) is 4.69. The molecule has 0 spiro atoms. The minimum atomic E-state index is 0.0763. The average molecular weight is 309 g/mol. The largest absolute Gasteiger partial charge is 0.327 e. The Balaban J connectivity index is 1.98. The standard InChI is InChI=1S/C16H21ClN2S/c1-16(2,3)14-10-20-15(19-14)9-13(18)8-11-5-4-6-12(17)7-11/h4-7,10,13H,8-9,18H2,1-3H3. The highest BCUT2D eigenvalue weighted by Crippen LogP contribution is 2.24. The van der Waals surface area contributed by atoms with Crippen molar-refractivity contribution in [2.75, 3.05) is 0 Å². The van der Waals surface area contributed by atoms with Crippen molar-refractivity contribution in [3.8, 4) is 0 Å². The van der Waals surface area contributed by atoms with Gasteiger partial charge in [-0.15, -0.1) is 11.3 Å². The van der Waals surface area contributed by atoms with Gasteiger partial charge in [0.25, 0.3) is 0 Å². The molecule has 1 heterocycles. The molecule has 0 aliphatic heterocycles. The summed E-state index contributed by atoms with van der Waals surface area (Å²) in [7, 11) is 0. The van der Waals surface area contributed by atoms with Crippen LogP contribution in [0.3, 0.4) is 0 Å². The van der Waals surface area contributed by atoms with Crippen LogP contribution in [0.4, 0.5) is 0 Å². The summed E-state index contributed by atoms with van der Waals surface area (Å²) in [5.41, 5.74) is 8.66. The van der Waals surface area contributed by atoms with E-state index in [-0.39, 0.29) is 11.5 Å². The van der Waals surface area contributed by atoms with E-state index in [1.807, 2.05) is 18.2 Å². The molecule has 0 aliphatic carbocycles. The lowest BCUT2D eigenvalue weighted by molar-refractivity contribution is 0.567. The highest BCUT2D eigenvalue weighted by atomic mass is 35.5. The van der Waals surface area contributed by atoms with Crippen molar-refractivity contribution in [3.63, 3.8) is 0 Å². The highest BCUT2D eigenvalue weighted by molar-refractivity contribution is 7.09. The van der Waals surface area contributed by atoms with Crippen LogP contribution in [-0.4, -0.2) is 11.0 Å². The Morgan fingerprint density at radius 2 is 2.05 bits per heavy atom. The lowest BCUT2D eigenvalue weighted by Crippen LogP contribution is -2.25. The van der Waals surface area contributed by atoms with Gasteiger partial charge in [0.05, 0.1) is 10.7 Å². The second kappa shape index (κ2) is 6.25. The molecule has 20 heavy (non-hydrogen) atoms. The van der Waals surface area contributed by atoms with Gasteiger partial charge >= 0.3 is 0 Å². The predicted octanol–water partition coefficient (Wildman–Crippen LogP) is 4.21. The van der Waals surface area contributed by atoms with Gasteiger partial charge in [0.1, 0.15) is 0 Å². The number of halogens is 1. The van der Waals surface area contributed by atoms with Crippen molar-refractivity contribution in [2.24, 2.45) is 5.73 Å². The molecule has 4 heteroatoms. The lowest BCUT2D eigenvalue weighted by Gasteiger charge is -2.14. The quantitative estimate of drug-likeness (QED) is 0.919. The van der Waals surface area contributed by atoms with E-state index in [1.165, 1.54) is 5.56 Å². The lowest BCUT2D eigenvalue weighted by atomic mass is 9.93. The third-order valence-corrected chi connectivity index (χ3v) is 4.25. The zero-order valence-electron chi connectivity index (χ0n) is 12.2. The van der Waals surface area contributed by atoms with Crippen molar-refractivity contribution in [2.45, 2.75) is 45.1 Å². The van der Waals surface area contributed by atoms with Gasteiger partial charge in [0.15, 0.2) is 0 Å². The summed E-state index contributed by atoms with van der Waals surface area (Å²) < 4.78 is 0. The van der Waals surface area contributed by atoms with Crippen molar-refractivity contribution in [3.05, 3.63) is 50.9 Å². The molecule has 1 unspecified atom stereocenters. The first-order valence-electron chi connectivity index (χ1n) is 6.79. The molecule has 0 bridgehead atoms. The molecule has 0 fully saturated rings. The SMILES string of the molecule is CC(C)(C)c1csc(CC(N)Cc2cccc(Cl)c2)n1. The number of thiazole rings is 1. The third kappa shape index (κ3) is 4.30. The maximum absolute atomic E-state index is 6.23. The molecule has 108 valence electrons. The minimum Gasteiger partial charge on any atom is -0.327 e. The van der Waals surface area contributed by atoms with Crippen LogP contribution in [0.2, 0.25) is 5.02 Å². The molecule has 1 aromatic carbocycles. The van der Waals surface area contributed by atoms with Gasteiger partial charge in [-0.25, -0.2) is 4.98 Å². The molecule has 0 saturated heterocycles. The van der Waals surface area contributed by atoms with Crippen molar-refractivity contribution in [1.29, 1.82) is 0 Å². The highest BCUT2D eigenvalue weighted by Gasteiger charge is 2.18. The second-order valence-electron chi connectivity index (χ2n) is 6.17. The van der Waals surface area contributed by atoms with Gasteiger partial charge in [-0.2, -0.15) is 0 Å². The van der Waals surface area contributed by atoms with E-state index in [2.05, 4.69) is 32.2 Å². The fourth-order valence-corrected chi connectivity index (χ4v) is 3.34. The van der Waals surface area contributed by atoms with Crippen LogP contribution < -0.4 is 5.73 Å². The van der Waals surface area contributed by atoms with Gasteiger partial charge in [-0.3, -0.25) is 0 Å². The zero-order chi connectivity index (χ0) is 14.8. The normalized spacial score (nSPS) is 13.4. The second-order valence-corrected chi connectivity index (χ2v) is 7.55. The summed E-state index contributed by atoms with van der Waals surface area (Å²) in [6.07, 6.45) is 1.64. The Bertz CT molecular complexity index is 572. The number of hydrogen-bond acceptors (Lipinski definition) is 3. The van der Waals surface area contributed by atoms with E-state index in [4.69, 9.17) is 22.3 Å². The molecule has 2 rings (SSSR count). The number of nitrogens with two attached hydrogens (primary N) is 1. The van der Waals surface area contributed by atoms with E-state index < -0.39 is 0 Å². The minimum absolute atomic E-state index is 0.0763. The predicted molar refractivity (Wildman–Crippen MR) is 87.6 cm³/mol. The van der Waals surface area contributed by atoms with Crippen LogP contribution in [0.1, 0.15) is 37.0 Å². The van der Waals surface area contributed by atoms with E-state index in [0.717, 1.165) is 28.6 Å². The van der Waals surface area contributed by atoms with Crippen LogP contribution in [-0.2, 0) is 18.3 Å². The summed E-state index contributed by atoms with van der Waals surface area (Å²) in [6, 6.07) is 7.96. The Morgan fingerprint density at radius 1 is 1.30 bits per heavy atom. The van der Waals surface area contributed by atoms with E-state index in [9.17, 15) is 0 Å². The van der Waals surface area contributed by atoms with Gasteiger partial charge in [-0.05, 0) is 24.1 Å². The van der Waals surface area contributed by atoms with Crippen molar-refractivity contribution in [1.82, 2.24) is 4.98 Å². The summed E-state index contributed by atoms with van der Waals surface area (Å²) in [5, 5.41) is 4.02. The fraction of sp³-hybridized carbons (Fsp3) is 0.438. The molecule has 2 nitrogen and oxygen atoms in total. The van der Waals surface area contributed by atoms with Crippen molar-refractivity contribution >= 4 is 22.9 Å². The van der Waals surface area contributed by atoms with Crippen molar-refractivity contribution < 1.29 is 0 Å². The molecular formula is C16H21ClN2S. The summed E-state index contributed by atoms with van der Waals surface area (Å²) in [5.74, 6) is 0. The molecule has 0 aliphatic rings. The molecule has 1 aromatic heterocycles. The van der Waals surface area contributed by atoms with Crippen LogP contribution >= 0.6 is 22.9 Å². The van der Waals surface area contributed by atoms with E-state index >= 15 is 0 Å². The number of aromatic nitrogens is 1. The fourth-order valence-electron chi connectivity index (χ4n) is 2.01. The zero-order valence-corrected chi connectivity index (χ0v) is 13.8. The molecule has 1 atom stereocenters. The maximum Gasteiger partial charge on any atom is 0.0944 e. The topological polar surface area (TPSA) is 38.9 Å². The Kier molecular flexibility index (Phi) is 4.84. The molecular weight excluding hydrogens is 288 g/mol. The Hall–Kier alpha value is -0.900. The number of nitrogens with zero attached hydrogens (tertiary/aromatic N) is 1. The van der Waals surface area contributed by atoms with E-state index in [0.29, 0.717) is 0 Å².